The molecular formula is C26H27F2NO. The highest BCUT2D eigenvalue weighted by Gasteiger charge is 2.14. The van der Waals surface area contributed by atoms with E-state index in [9.17, 15) is 8.78 Å². The SMILES string of the molecule is CC/C(=C(\c1ccc(F)cc1)c1ccc(OCCN(C)C)cc1)c1ccc(F)cc1. The van der Waals surface area contributed by atoms with E-state index >= 15 is 0 Å². The number of hydrogen-bond donors (Lipinski definition) is 0. The Hall–Kier alpha value is -2.98. The third-order valence-corrected chi connectivity index (χ3v) is 4.93. The van der Waals surface area contributed by atoms with Crippen LogP contribution in [0.1, 0.15) is 30.0 Å². The van der Waals surface area contributed by atoms with Crippen molar-refractivity contribution < 1.29 is 13.5 Å². The maximum absolute atomic E-state index is 13.6. The Labute approximate surface area is 177 Å². The summed E-state index contributed by atoms with van der Waals surface area (Å²) in [7, 11) is 4.02. The summed E-state index contributed by atoms with van der Waals surface area (Å²) in [4.78, 5) is 2.07. The van der Waals surface area contributed by atoms with Crippen molar-refractivity contribution in [3.8, 4) is 5.75 Å². The Morgan fingerprint density at radius 3 is 1.67 bits per heavy atom. The van der Waals surface area contributed by atoms with Gasteiger partial charge in [0, 0.05) is 6.54 Å². The fourth-order valence-electron chi connectivity index (χ4n) is 3.37. The molecule has 4 heteroatoms. The maximum Gasteiger partial charge on any atom is 0.123 e. The summed E-state index contributed by atoms with van der Waals surface area (Å²) in [5, 5.41) is 0. The van der Waals surface area contributed by atoms with E-state index in [2.05, 4.69) is 11.8 Å². The van der Waals surface area contributed by atoms with Gasteiger partial charge in [0.1, 0.15) is 24.0 Å². The van der Waals surface area contributed by atoms with Gasteiger partial charge in [-0.25, -0.2) is 8.78 Å². The van der Waals surface area contributed by atoms with E-state index in [1.165, 1.54) is 24.3 Å². The van der Waals surface area contributed by atoms with Crippen molar-refractivity contribution in [1.29, 1.82) is 0 Å². The van der Waals surface area contributed by atoms with Gasteiger partial charge in [-0.15, -0.1) is 0 Å². The molecule has 0 amide bonds. The van der Waals surface area contributed by atoms with E-state index < -0.39 is 0 Å². The summed E-state index contributed by atoms with van der Waals surface area (Å²) in [6.07, 6.45) is 0.749. The summed E-state index contributed by atoms with van der Waals surface area (Å²) in [5.41, 5.74) is 4.94. The molecule has 0 aromatic heterocycles. The van der Waals surface area contributed by atoms with E-state index in [1.54, 1.807) is 24.3 Å². The Morgan fingerprint density at radius 1 is 0.733 bits per heavy atom. The van der Waals surface area contributed by atoms with Gasteiger partial charge in [-0.1, -0.05) is 43.3 Å². The van der Waals surface area contributed by atoms with Crippen molar-refractivity contribution in [2.75, 3.05) is 27.2 Å². The highest BCUT2D eigenvalue weighted by Crippen LogP contribution is 2.35. The molecule has 0 aliphatic carbocycles. The van der Waals surface area contributed by atoms with Gasteiger partial charge in [0.05, 0.1) is 0 Å². The summed E-state index contributed by atoms with van der Waals surface area (Å²) in [5.74, 6) is 0.262. The lowest BCUT2D eigenvalue weighted by atomic mass is 9.88. The van der Waals surface area contributed by atoms with E-state index in [0.29, 0.717) is 6.61 Å². The second-order valence-corrected chi connectivity index (χ2v) is 7.40. The minimum atomic E-state index is -0.275. The molecular weight excluding hydrogens is 380 g/mol. The predicted molar refractivity (Wildman–Crippen MR) is 119 cm³/mol. The van der Waals surface area contributed by atoms with Crippen molar-refractivity contribution in [3.63, 3.8) is 0 Å². The normalized spacial score (nSPS) is 12.1. The lowest BCUT2D eigenvalue weighted by molar-refractivity contribution is 0.261. The number of benzene rings is 3. The average molecular weight is 408 g/mol. The van der Waals surface area contributed by atoms with E-state index in [1.807, 2.05) is 38.4 Å². The molecule has 0 bridgehead atoms. The molecule has 0 saturated heterocycles. The smallest absolute Gasteiger partial charge is 0.123 e. The molecule has 0 unspecified atom stereocenters. The van der Waals surface area contributed by atoms with Gasteiger partial charge in [-0.3, -0.25) is 0 Å². The van der Waals surface area contributed by atoms with Gasteiger partial charge >= 0.3 is 0 Å². The Kier molecular flexibility index (Phi) is 7.36. The summed E-state index contributed by atoms with van der Waals surface area (Å²) >= 11 is 0. The molecule has 0 aliphatic heterocycles. The van der Waals surface area contributed by atoms with Crippen LogP contribution in [0.15, 0.2) is 72.8 Å². The fraction of sp³-hybridized carbons (Fsp3) is 0.231. The molecule has 156 valence electrons. The molecule has 0 heterocycles. The molecule has 30 heavy (non-hydrogen) atoms. The van der Waals surface area contributed by atoms with E-state index in [4.69, 9.17) is 4.74 Å². The first-order chi connectivity index (χ1) is 14.5. The number of halogens is 2. The zero-order valence-corrected chi connectivity index (χ0v) is 17.7. The van der Waals surface area contributed by atoms with Gasteiger partial charge < -0.3 is 9.64 Å². The van der Waals surface area contributed by atoms with Crippen LogP contribution in [0, 0.1) is 11.6 Å². The zero-order valence-electron chi connectivity index (χ0n) is 17.7. The predicted octanol–water partition coefficient (Wildman–Crippen LogP) is 6.27. The van der Waals surface area contributed by atoms with Crippen LogP contribution in [0.5, 0.6) is 5.75 Å². The third kappa shape index (κ3) is 5.55. The van der Waals surface area contributed by atoms with Crippen molar-refractivity contribution in [3.05, 3.63) is 101 Å². The van der Waals surface area contributed by atoms with E-state index in [0.717, 1.165) is 46.6 Å². The minimum absolute atomic E-state index is 0.267. The number of rotatable bonds is 8. The number of allylic oxidation sites excluding steroid dienone is 1. The molecule has 0 aliphatic rings. The largest absolute Gasteiger partial charge is 0.492 e. The number of ether oxygens (including phenoxy) is 1. The fourth-order valence-corrected chi connectivity index (χ4v) is 3.37. The monoisotopic (exact) mass is 407 g/mol. The van der Waals surface area contributed by atoms with Crippen LogP contribution in [0.3, 0.4) is 0 Å². The van der Waals surface area contributed by atoms with Crippen molar-refractivity contribution >= 4 is 11.1 Å². The Bertz CT molecular complexity index is 975. The maximum atomic E-state index is 13.6. The molecule has 0 atom stereocenters. The van der Waals surface area contributed by atoms with Crippen LogP contribution < -0.4 is 4.74 Å². The van der Waals surface area contributed by atoms with Crippen molar-refractivity contribution in [2.24, 2.45) is 0 Å². The summed E-state index contributed by atoms with van der Waals surface area (Å²) in [6, 6.07) is 20.9. The topological polar surface area (TPSA) is 12.5 Å². The Morgan fingerprint density at radius 2 is 1.20 bits per heavy atom. The Balaban J connectivity index is 2.03. The quantitative estimate of drug-likeness (QED) is 0.408. The minimum Gasteiger partial charge on any atom is -0.492 e. The van der Waals surface area contributed by atoms with Gasteiger partial charge in [-0.05, 0) is 84.8 Å². The first kappa shape index (κ1) is 21.7. The second kappa shape index (κ2) is 10.2. The van der Waals surface area contributed by atoms with Crippen LogP contribution in [-0.2, 0) is 0 Å². The molecule has 3 aromatic carbocycles. The first-order valence-electron chi connectivity index (χ1n) is 10.1. The molecule has 3 rings (SSSR count). The molecule has 0 radical (unpaired) electrons. The average Bonchev–Trinajstić information content (AvgIpc) is 2.74. The van der Waals surface area contributed by atoms with Gasteiger partial charge in [-0.2, -0.15) is 0 Å². The van der Waals surface area contributed by atoms with Gasteiger partial charge in [0.15, 0.2) is 0 Å². The van der Waals surface area contributed by atoms with Gasteiger partial charge in [0.2, 0.25) is 0 Å². The molecule has 0 N–H and O–H groups in total. The highest BCUT2D eigenvalue weighted by atomic mass is 19.1. The van der Waals surface area contributed by atoms with Crippen LogP contribution in [0.25, 0.3) is 11.1 Å². The third-order valence-electron chi connectivity index (χ3n) is 4.93. The zero-order chi connectivity index (χ0) is 21.5. The first-order valence-corrected chi connectivity index (χ1v) is 10.1. The number of hydrogen-bond acceptors (Lipinski definition) is 2. The molecule has 0 saturated carbocycles. The molecule has 2 nitrogen and oxygen atoms in total. The summed E-state index contributed by atoms with van der Waals surface area (Å²) in [6.45, 7) is 3.52. The number of likely N-dealkylation sites (N-methyl/N-ethyl adjacent to an activating group) is 1. The van der Waals surface area contributed by atoms with Crippen molar-refractivity contribution in [1.82, 2.24) is 4.90 Å². The molecule has 3 aromatic rings. The lowest BCUT2D eigenvalue weighted by Crippen LogP contribution is -2.19. The van der Waals surface area contributed by atoms with Gasteiger partial charge in [0.25, 0.3) is 0 Å². The molecule has 0 spiro atoms. The highest BCUT2D eigenvalue weighted by molar-refractivity contribution is 5.98. The lowest BCUT2D eigenvalue weighted by Gasteiger charge is -2.17. The van der Waals surface area contributed by atoms with Crippen LogP contribution in [0.4, 0.5) is 8.78 Å². The van der Waals surface area contributed by atoms with Crippen molar-refractivity contribution in [2.45, 2.75) is 13.3 Å². The summed E-state index contributed by atoms with van der Waals surface area (Å²) < 4.78 is 32.8. The molecule has 0 fully saturated rings. The standard InChI is InChI=1S/C26H27F2NO/c1-4-25(19-5-11-22(27)12-6-19)26(20-7-13-23(28)14-8-20)21-9-15-24(16-10-21)30-18-17-29(2)3/h5-16H,4,17-18H2,1-3H3/b26-25-. The van der Waals surface area contributed by atoms with E-state index in [-0.39, 0.29) is 11.6 Å². The van der Waals surface area contributed by atoms with Crippen LogP contribution in [0.2, 0.25) is 0 Å². The van der Waals surface area contributed by atoms with Crippen LogP contribution in [-0.4, -0.2) is 32.1 Å². The second-order valence-electron chi connectivity index (χ2n) is 7.40. The number of nitrogens with zero attached hydrogens (tertiary/aromatic N) is 1. The van der Waals surface area contributed by atoms with Crippen LogP contribution >= 0.6 is 0 Å².